The second-order valence-electron chi connectivity index (χ2n) is 6.14. The molecule has 3 heterocycles. The van der Waals surface area contributed by atoms with Crippen LogP contribution in [0.3, 0.4) is 0 Å². The first kappa shape index (κ1) is 19.9. The molecule has 0 saturated heterocycles. The fourth-order valence-corrected chi connectivity index (χ4v) is 3.75. The van der Waals surface area contributed by atoms with Gasteiger partial charge in [-0.15, -0.1) is 5.10 Å². The SMILES string of the molecule is Cc1c(CCC(C)F)c(Br)n2nc(Cl)nc(NCc3c(F)cncc3F)c12. The lowest BCUT2D eigenvalue weighted by atomic mass is 10.1. The molecule has 27 heavy (non-hydrogen) atoms. The molecule has 3 rings (SSSR count). The minimum absolute atomic E-state index is 0.0400. The summed E-state index contributed by atoms with van der Waals surface area (Å²) < 4.78 is 43.1. The molecule has 0 amide bonds. The van der Waals surface area contributed by atoms with Gasteiger partial charge in [-0.2, -0.15) is 4.98 Å². The number of nitrogens with one attached hydrogen (secondary N) is 1. The molecule has 0 aromatic carbocycles. The van der Waals surface area contributed by atoms with Gasteiger partial charge < -0.3 is 5.32 Å². The van der Waals surface area contributed by atoms with Crippen molar-refractivity contribution in [2.45, 2.75) is 39.4 Å². The predicted molar refractivity (Wildman–Crippen MR) is 101 cm³/mol. The number of hydrogen-bond acceptors (Lipinski definition) is 4. The molecule has 1 N–H and O–H groups in total. The first-order valence-electron chi connectivity index (χ1n) is 8.18. The Balaban J connectivity index is 2.01. The third-order valence-corrected chi connectivity index (χ3v) is 5.22. The van der Waals surface area contributed by atoms with E-state index >= 15 is 0 Å². The van der Waals surface area contributed by atoms with Gasteiger partial charge in [0.25, 0.3) is 0 Å². The van der Waals surface area contributed by atoms with Gasteiger partial charge in [0.05, 0.1) is 18.6 Å². The summed E-state index contributed by atoms with van der Waals surface area (Å²) >= 11 is 9.48. The van der Waals surface area contributed by atoms with E-state index in [1.54, 1.807) is 4.52 Å². The van der Waals surface area contributed by atoms with Crippen molar-refractivity contribution < 1.29 is 13.2 Å². The topological polar surface area (TPSA) is 55.1 Å². The van der Waals surface area contributed by atoms with Gasteiger partial charge in [0, 0.05) is 12.1 Å². The Morgan fingerprint density at radius 2 is 1.93 bits per heavy atom. The van der Waals surface area contributed by atoms with Crippen molar-refractivity contribution in [1.82, 2.24) is 19.6 Å². The lowest BCUT2D eigenvalue weighted by molar-refractivity contribution is 0.341. The fourth-order valence-electron chi connectivity index (χ4n) is 2.84. The van der Waals surface area contributed by atoms with Gasteiger partial charge in [-0.25, -0.2) is 17.7 Å². The van der Waals surface area contributed by atoms with E-state index in [1.807, 2.05) is 6.92 Å². The van der Waals surface area contributed by atoms with Crippen molar-refractivity contribution >= 4 is 38.9 Å². The van der Waals surface area contributed by atoms with E-state index in [4.69, 9.17) is 11.6 Å². The van der Waals surface area contributed by atoms with Crippen LogP contribution in [0.2, 0.25) is 5.28 Å². The molecule has 0 aliphatic carbocycles. The number of aryl methyl sites for hydroxylation is 1. The third kappa shape index (κ3) is 4.03. The van der Waals surface area contributed by atoms with Crippen LogP contribution in [-0.2, 0) is 13.0 Å². The number of alkyl halides is 1. The second kappa shape index (κ2) is 8.02. The molecule has 0 bridgehead atoms. The standard InChI is InChI=1S/C17H16BrClF3N5/c1-8(20)3-4-10-9(2)14-16(25-17(19)26-27(14)15(10)18)24-5-11-12(21)6-23-7-13(11)22/h6-8H,3-5H2,1-2H3,(H,24,25,26). The molecule has 0 aliphatic rings. The van der Waals surface area contributed by atoms with E-state index in [-0.39, 0.29) is 17.4 Å². The van der Waals surface area contributed by atoms with Crippen LogP contribution in [0.4, 0.5) is 19.0 Å². The largest absolute Gasteiger partial charge is 0.364 e. The molecule has 3 aromatic heterocycles. The van der Waals surface area contributed by atoms with E-state index in [9.17, 15) is 13.2 Å². The Morgan fingerprint density at radius 1 is 1.26 bits per heavy atom. The normalized spacial score (nSPS) is 12.6. The van der Waals surface area contributed by atoms with Gasteiger partial charge in [0.1, 0.15) is 21.8 Å². The van der Waals surface area contributed by atoms with Gasteiger partial charge in [0.15, 0.2) is 5.82 Å². The lowest BCUT2D eigenvalue weighted by Crippen LogP contribution is -2.09. The molecule has 144 valence electrons. The monoisotopic (exact) mass is 461 g/mol. The minimum atomic E-state index is -0.941. The molecule has 10 heteroatoms. The minimum Gasteiger partial charge on any atom is -0.364 e. The van der Waals surface area contributed by atoms with Crippen LogP contribution in [0.15, 0.2) is 17.0 Å². The molecule has 3 aromatic rings. The van der Waals surface area contributed by atoms with Crippen molar-refractivity contribution in [2.24, 2.45) is 0 Å². The van der Waals surface area contributed by atoms with Crippen molar-refractivity contribution in [3.8, 4) is 0 Å². The first-order valence-corrected chi connectivity index (χ1v) is 9.35. The van der Waals surface area contributed by atoms with Crippen molar-refractivity contribution in [1.29, 1.82) is 0 Å². The highest BCUT2D eigenvalue weighted by Gasteiger charge is 2.20. The van der Waals surface area contributed by atoms with Gasteiger partial charge in [-0.3, -0.25) is 4.98 Å². The number of halogens is 5. The lowest BCUT2D eigenvalue weighted by Gasteiger charge is -2.10. The maximum Gasteiger partial charge on any atom is 0.243 e. The Bertz CT molecular complexity index is 972. The van der Waals surface area contributed by atoms with E-state index < -0.39 is 17.8 Å². The number of nitrogens with zero attached hydrogens (tertiary/aromatic N) is 4. The highest BCUT2D eigenvalue weighted by atomic mass is 79.9. The Morgan fingerprint density at radius 3 is 2.56 bits per heavy atom. The fraction of sp³-hybridized carbons (Fsp3) is 0.353. The maximum atomic E-state index is 13.8. The van der Waals surface area contributed by atoms with Gasteiger partial charge >= 0.3 is 0 Å². The summed E-state index contributed by atoms with van der Waals surface area (Å²) in [6, 6.07) is 0. The van der Waals surface area contributed by atoms with Crippen LogP contribution in [0, 0.1) is 18.6 Å². The van der Waals surface area contributed by atoms with Crippen LogP contribution >= 0.6 is 27.5 Å². The average molecular weight is 463 g/mol. The molecule has 0 fully saturated rings. The Labute approximate surface area is 167 Å². The molecular weight excluding hydrogens is 447 g/mol. The van der Waals surface area contributed by atoms with E-state index in [1.165, 1.54) is 6.92 Å². The third-order valence-electron chi connectivity index (χ3n) is 4.24. The number of pyridine rings is 1. The van der Waals surface area contributed by atoms with Crippen molar-refractivity contribution in [2.75, 3.05) is 5.32 Å². The summed E-state index contributed by atoms with van der Waals surface area (Å²) in [4.78, 5) is 7.61. The molecule has 0 aliphatic heterocycles. The van der Waals surface area contributed by atoms with Crippen molar-refractivity contribution in [3.63, 3.8) is 0 Å². The molecule has 1 atom stereocenters. The Hall–Kier alpha value is -1.87. The zero-order valence-corrected chi connectivity index (χ0v) is 16.9. The zero-order chi connectivity index (χ0) is 19.7. The predicted octanol–water partition coefficient (Wildman–Crippen LogP) is 5.03. The smallest absolute Gasteiger partial charge is 0.243 e. The Kier molecular flexibility index (Phi) is 5.90. The number of rotatable bonds is 6. The summed E-state index contributed by atoms with van der Waals surface area (Å²) in [6.07, 6.45) is 1.80. The number of anilines is 1. The molecule has 0 saturated carbocycles. The van der Waals surface area contributed by atoms with Crippen molar-refractivity contribution in [3.05, 3.63) is 50.6 Å². The van der Waals surface area contributed by atoms with Crippen LogP contribution in [-0.4, -0.2) is 25.8 Å². The molecule has 5 nitrogen and oxygen atoms in total. The quantitative estimate of drug-likeness (QED) is 0.558. The molecule has 0 radical (unpaired) electrons. The average Bonchev–Trinajstić information content (AvgIpc) is 2.83. The van der Waals surface area contributed by atoms with Gasteiger partial charge in [-0.1, -0.05) is 0 Å². The summed E-state index contributed by atoms with van der Waals surface area (Å²) in [5, 5.41) is 7.04. The highest BCUT2D eigenvalue weighted by Crippen LogP contribution is 2.32. The van der Waals surface area contributed by atoms with Crippen LogP contribution in [0.1, 0.15) is 30.0 Å². The second-order valence-corrected chi connectivity index (χ2v) is 7.23. The van der Waals surface area contributed by atoms with Gasteiger partial charge in [0.2, 0.25) is 5.28 Å². The molecule has 1 unspecified atom stereocenters. The maximum absolute atomic E-state index is 13.8. The summed E-state index contributed by atoms with van der Waals surface area (Å²) in [5.41, 5.74) is 2.15. The van der Waals surface area contributed by atoms with Crippen LogP contribution in [0.5, 0.6) is 0 Å². The van der Waals surface area contributed by atoms with E-state index in [0.29, 0.717) is 28.8 Å². The van der Waals surface area contributed by atoms with Crippen LogP contribution in [0.25, 0.3) is 5.52 Å². The molecular formula is C17H16BrClF3N5. The number of aromatic nitrogens is 4. The summed E-state index contributed by atoms with van der Waals surface area (Å²) in [7, 11) is 0. The molecule has 0 spiro atoms. The summed E-state index contributed by atoms with van der Waals surface area (Å²) in [6.45, 7) is 3.21. The first-order chi connectivity index (χ1) is 12.8. The van der Waals surface area contributed by atoms with Crippen LogP contribution < -0.4 is 5.32 Å². The van der Waals surface area contributed by atoms with E-state index in [2.05, 4.69) is 36.3 Å². The number of hydrogen-bond donors (Lipinski definition) is 1. The van der Waals surface area contributed by atoms with E-state index in [0.717, 1.165) is 23.5 Å². The number of fused-ring (bicyclic) bond motifs is 1. The zero-order valence-electron chi connectivity index (χ0n) is 14.5. The summed E-state index contributed by atoms with van der Waals surface area (Å²) in [5.74, 6) is -1.20. The highest BCUT2D eigenvalue weighted by molar-refractivity contribution is 9.10. The van der Waals surface area contributed by atoms with Gasteiger partial charge in [-0.05, 0) is 65.3 Å².